The van der Waals surface area contributed by atoms with E-state index < -0.39 is 23.5 Å². The molecule has 8 heteroatoms. The van der Waals surface area contributed by atoms with Crippen LogP contribution in [-0.4, -0.2) is 34.4 Å². The lowest BCUT2D eigenvalue weighted by Gasteiger charge is -2.16. The molecule has 3 aromatic rings. The zero-order chi connectivity index (χ0) is 19.6. The predicted molar refractivity (Wildman–Crippen MR) is 102 cm³/mol. The zero-order valence-corrected chi connectivity index (χ0v) is 16.0. The van der Waals surface area contributed by atoms with Crippen LogP contribution in [0.1, 0.15) is 26.5 Å². The molecular weight excluding hydrogens is 366 g/mol. The van der Waals surface area contributed by atoms with Crippen molar-refractivity contribution in [3.05, 3.63) is 68.6 Å². The topological polar surface area (TPSA) is 89.8 Å². The van der Waals surface area contributed by atoms with Crippen LogP contribution in [0.25, 0.3) is 4.96 Å². The van der Waals surface area contributed by atoms with E-state index in [2.05, 4.69) is 10.3 Å². The highest BCUT2D eigenvalue weighted by atomic mass is 32.1. The monoisotopic (exact) mass is 385 g/mol. The number of hydrogen-bond acceptors (Lipinski definition) is 6. The summed E-state index contributed by atoms with van der Waals surface area (Å²) in [6.07, 6.45) is 1.51. The van der Waals surface area contributed by atoms with Crippen molar-refractivity contribution < 1.29 is 14.3 Å². The maximum atomic E-state index is 12.7. The van der Waals surface area contributed by atoms with Crippen LogP contribution in [0.5, 0.6) is 0 Å². The average molecular weight is 385 g/mol. The summed E-state index contributed by atoms with van der Waals surface area (Å²) in [6.45, 7) is 3.69. The van der Waals surface area contributed by atoms with Crippen LogP contribution in [0.4, 0.5) is 0 Å². The maximum Gasteiger partial charge on any atom is 0.328 e. The Morgan fingerprint density at radius 3 is 2.63 bits per heavy atom. The van der Waals surface area contributed by atoms with Crippen LogP contribution in [0.3, 0.4) is 0 Å². The van der Waals surface area contributed by atoms with Crippen LogP contribution in [0, 0.1) is 13.8 Å². The summed E-state index contributed by atoms with van der Waals surface area (Å²) in [6, 6.07) is 8.34. The minimum absolute atomic E-state index is 0.115. The molecule has 3 rings (SSSR count). The molecule has 0 fully saturated rings. The highest BCUT2D eigenvalue weighted by Crippen LogP contribution is 2.18. The van der Waals surface area contributed by atoms with Gasteiger partial charge in [0.15, 0.2) is 4.96 Å². The third-order valence-corrected chi connectivity index (χ3v) is 5.41. The molecule has 2 aromatic heterocycles. The largest absolute Gasteiger partial charge is 0.467 e. The van der Waals surface area contributed by atoms with E-state index in [1.165, 1.54) is 29.0 Å². The number of esters is 1. The van der Waals surface area contributed by atoms with Crippen LogP contribution in [0.2, 0.25) is 0 Å². The van der Waals surface area contributed by atoms with E-state index in [0.29, 0.717) is 4.96 Å². The van der Waals surface area contributed by atoms with Gasteiger partial charge in [-0.3, -0.25) is 14.0 Å². The normalized spacial score (nSPS) is 12.0. The molecule has 1 atom stereocenters. The van der Waals surface area contributed by atoms with Gasteiger partial charge in [0, 0.05) is 23.2 Å². The number of carbonyl (C=O) groups excluding carboxylic acids is 2. The van der Waals surface area contributed by atoms with E-state index in [-0.39, 0.29) is 12.0 Å². The summed E-state index contributed by atoms with van der Waals surface area (Å²) < 4.78 is 6.21. The molecule has 0 aliphatic heterocycles. The van der Waals surface area contributed by atoms with Gasteiger partial charge >= 0.3 is 5.97 Å². The summed E-state index contributed by atoms with van der Waals surface area (Å²) in [7, 11) is 1.26. The lowest BCUT2D eigenvalue weighted by atomic mass is 10.1. The Hall–Kier alpha value is -3.00. The highest BCUT2D eigenvalue weighted by molar-refractivity contribution is 7.17. The third-order valence-electron chi connectivity index (χ3n) is 4.34. The molecule has 0 saturated heterocycles. The van der Waals surface area contributed by atoms with Crippen molar-refractivity contribution in [1.82, 2.24) is 14.7 Å². The van der Waals surface area contributed by atoms with E-state index in [4.69, 9.17) is 4.74 Å². The molecule has 2 heterocycles. The molecule has 27 heavy (non-hydrogen) atoms. The van der Waals surface area contributed by atoms with Gasteiger partial charge in [0.2, 0.25) is 0 Å². The third kappa shape index (κ3) is 3.75. The molecule has 0 spiro atoms. The Labute approximate surface area is 159 Å². The molecule has 0 saturated carbocycles. The zero-order valence-electron chi connectivity index (χ0n) is 15.2. The van der Waals surface area contributed by atoms with Crippen LogP contribution in [-0.2, 0) is 16.0 Å². The van der Waals surface area contributed by atoms with Crippen molar-refractivity contribution in [1.29, 1.82) is 0 Å². The molecule has 1 N–H and O–H groups in total. The molecule has 140 valence electrons. The number of benzene rings is 1. The van der Waals surface area contributed by atoms with Crippen LogP contribution >= 0.6 is 11.3 Å². The fraction of sp³-hybridized carbons (Fsp3) is 0.263. The van der Waals surface area contributed by atoms with E-state index in [9.17, 15) is 14.4 Å². The molecule has 0 aliphatic rings. The summed E-state index contributed by atoms with van der Waals surface area (Å²) in [5, 5.41) is 2.60. The lowest BCUT2D eigenvalue weighted by Crippen LogP contribution is -2.44. The van der Waals surface area contributed by atoms with Gasteiger partial charge in [-0.15, -0.1) is 11.3 Å². The van der Waals surface area contributed by atoms with E-state index >= 15 is 0 Å². The lowest BCUT2D eigenvalue weighted by molar-refractivity contribution is -0.142. The van der Waals surface area contributed by atoms with Crippen molar-refractivity contribution in [2.45, 2.75) is 26.3 Å². The van der Waals surface area contributed by atoms with Crippen molar-refractivity contribution in [3.8, 4) is 0 Å². The summed E-state index contributed by atoms with van der Waals surface area (Å²) in [5.74, 6) is -1.24. The SMILES string of the molecule is COC(=O)[C@@H](Cc1ccccc1)NC(=O)c1cnc2sc(C)c(C)n2c1=O. The molecule has 7 nitrogen and oxygen atoms in total. The van der Waals surface area contributed by atoms with Gasteiger partial charge in [-0.05, 0) is 19.4 Å². The first-order valence-electron chi connectivity index (χ1n) is 8.32. The molecule has 0 unspecified atom stereocenters. The Balaban J connectivity index is 1.90. The minimum Gasteiger partial charge on any atom is -0.467 e. The molecule has 0 radical (unpaired) electrons. The Morgan fingerprint density at radius 1 is 1.26 bits per heavy atom. The number of nitrogens with one attached hydrogen (secondary N) is 1. The number of fused-ring (bicyclic) bond motifs is 1. The maximum absolute atomic E-state index is 12.7. The first-order valence-corrected chi connectivity index (χ1v) is 9.14. The standard InChI is InChI=1S/C19H19N3O4S/c1-11-12(2)27-19-20-10-14(17(24)22(11)19)16(23)21-15(18(25)26-3)9-13-7-5-4-6-8-13/h4-8,10,15H,9H2,1-3H3,(H,21,23)/t15-/m1/s1. The first-order chi connectivity index (χ1) is 12.9. The van der Waals surface area contributed by atoms with Crippen molar-refractivity contribution in [3.63, 3.8) is 0 Å². The second-order valence-corrected chi connectivity index (χ2v) is 7.26. The fourth-order valence-corrected chi connectivity index (χ4v) is 3.68. The van der Waals surface area contributed by atoms with Crippen molar-refractivity contribution >= 4 is 28.2 Å². The van der Waals surface area contributed by atoms with Gasteiger partial charge < -0.3 is 10.1 Å². The Kier molecular flexibility index (Phi) is 5.36. The number of rotatable bonds is 5. The van der Waals surface area contributed by atoms with Gasteiger partial charge in [-0.1, -0.05) is 30.3 Å². The second kappa shape index (κ2) is 7.71. The van der Waals surface area contributed by atoms with Gasteiger partial charge in [-0.2, -0.15) is 0 Å². The van der Waals surface area contributed by atoms with Gasteiger partial charge in [0.05, 0.1) is 7.11 Å². The average Bonchev–Trinajstić information content (AvgIpc) is 2.96. The molecule has 1 amide bonds. The quantitative estimate of drug-likeness (QED) is 0.678. The second-order valence-electron chi connectivity index (χ2n) is 6.08. The fourth-order valence-electron chi connectivity index (χ4n) is 2.75. The number of nitrogens with zero attached hydrogens (tertiary/aromatic N) is 2. The summed E-state index contributed by atoms with van der Waals surface area (Å²) in [4.78, 5) is 43.2. The smallest absolute Gasteiger partial charge is 0.328 e. The number of ether oxygens (including phenoxy) is 1. The Bertz CT molecular complexity index is 1060. The summed E-state index contributed by atoms with van der Waals surface area (Å²) in [5.41, 5.74) is 1.04. The number of aromatic nitrogens is 2. The van der Waals surface area contributed by atoms with E-state index in [1.807, 2.05) is 37.3 Å². The first kappa shape index (κ1) is 18.8. The molecular formula is C19H19N3O4S. The molecule has 0 bridgehead atoms. The summed E-state index contributed by atoms with van der Waals surface area (Å²) >= 11 is 1.38. The van der Waals surface area contributed by atoms with E-state index in [1.54, 1.807) is 6.92 Å². The van der Waals surface area contributed by atoms with Crippen molar-refractivity contribution in [2.24, 2.45) is 0 Å². The van der Waals surface area contributed by atoms with Crippen LogP contribution in [0.15, 0.2) is 41.3 Å². The highest BCUT2D eigenvalue weighted by Gasteiger charge is 2.25. The number of carbonyl (C=O) groups is 2. The number of thiazole rings is 1. The predicted octanol–water partition coefficient (Wildman–Crippen LogP) is 1.89. The van der Waals surface area contributed by atoms with Gasteiger partial charge in [-0.25, -0.2) is 9.78 Å². The molecule has 1 aromatic carbocycles. The Morgan fingerprint density at radius 2 is 1.96 bits per heavy atom. The molecule has 0 aliphatic carbocycles. The van der Waals surface area contributed by atoms with Crippen LogP contribution < -0.4 is 10.9 Å². The number of methoxy groups -OCH3 is 1. The minimum atomic E-state index is -0.907. The number of aryl methyl sites for hydroxylation is 2. The van der Waals surface area contributed by atoms with Gasteiger partial charge in [0.25, 0.3) is 11.5 Å². The van der Waals surface area contributed by atoms with Gasteiger partial charge in [0.1, 0.15) is 11.6 Å². The number of hydrogen-bond donors (Lipinski definition) is 1. The van der Waals surface area contributed by atoms with Crippen molar-refractivity contribution in [2.75, 3.05) is 7.11 Å². The van der Waals surface area contributed by atoms with E-state index in [0.717, 1.165) is 16.1 Å². The number of amides is 1.